The molecule has 20 heavy (non-hydrogen) atoms. The van der Waals surface area contributed by atoms with Gasteiger partial charge in [-0.3, -0.25) is 9.59 Å². The minimum atomic E-state index is -0.512. The molecule has 2 N–H and O–H groups in total. The maximum absolute atomic E-state index is 12.1. The van der Waals surface area contributed by atoms with Crippen LogP contribution < -0.4 is 10.6 Å². The van der Waals surface area contributed by atoms with Crippen LogP contribution in [-0.2, 0) is 16.0 Å². The second-order valence-corrected chi connectivity index (χ2v) is 5.07. The van der Waals surface area contributed by atoms with Gasteiger partial charge in [0.1, 0.15) is 6.04 Å². The molecule has 104 valence electrons. The number of nitrogens with zero attached hydrogens (tertiary/aromatic N) is 1. The van der Waals surface area contributed by atoms with Gasteiger partial charge >= 0.3 is 0 Å². The van der Waals surface area contributed by atoms with Gasteiger partial charge < -0.3 is 10.6 Å². The van der Waals surface area contributed by atoms with Gasteiger partial charge in [-0.25, -0.2) is 0 Å². The van der Waals surface area contributed by atoms with Crippen molar-refractivity contribution < 1.29 is 9.59 Å². The van der Waals surface area contributed by atoms with E-state index in [1.165, 1.54) is 0 Å². The monoisotopic (exact) mass is 291 g/mol. The van der Waals surface area contributed by atoms with Gasteiger partial charge in [0, 0.05) is 17.1 Å². The van der Waals surface area contributed by atoms with Crippen LogP contribution in [0, 0.1) is 11.3 Å². The lowest BCUT2D eigenvalue weighted by Gasteiger charge is -2.22. The number of carbonyl (C=O) groups excluding carboxylic acids is 2. The number of halogens is 1. The van der Waals surface area contributed by atoms with Crippen LogP contribution in [0.15, 0.2) is 18.2 Å². The summed E-state index contributed by atoms with van der Waals surface area (Å²) in [5, 5.41) is 14.7. The van der Waals surface area contributed by atoms with Crippen molar-refractivity contribution >= 4 is 29.1 Å². The zero-order valence-corrected chi connectivity index (χ0v) is 11.5. The van der Waals surface area contributed by atoms with Crippen LogP contribution in [0.3, 0.4) is 0 Å². The first-order chi connectivity index (χ1) is 9.60. The third-order valence-electron chi connectivity index (χ3n) is 3.14. The normalized spacial score (nSPS) is 18.0. The van der Waals surface area contributed by atoms with Crippen molar-refractivity contribution in [1.82, 2.24) is 5.32 Å². The molecule has 5 nitrogen and oxygen atoms in total. The van der Waals surface area contributed by atoms with Crippen LogP contribution >= 0.6 is 11.6 Å². The highest BCUT2D eigenvalue weighted by atomic mass is 35.5. The second-order valence-electron chi connectivity index (χ2n) is 4.64. The highest BCUT2D eigenvalue weighted by Crippen LogP contribution is 2.22. The summed E-state index contributed by atoms with van der Waals surface area (Å²) in [6, 6.07) is 6.49. The Bertz CT molecular complexity index is 580. The average Bonchev–Trinajstić information content (AvgIpc) is 2.42. The van der Waals surface area contributed by atoms with Crippen LogP contribution in [0.1, 0.15) is 24.8 Å². The van der Waals surface area contributed by atoms with Gasteiger partial charge in [0.05, 0.1) is 12.5 Å². The van der Waals surface area contributed by atoms with E-state index in [1.807, 2.05) is 6.07 Å². The first-order valence-corrected chi connectivity index (χ1v) is 6.73. The van der Waals surface area contributed by atoms with Crippen molar-refractivity contribution in [2.45, 2.75) is 31.7 Å². The van der Waals surface area contributed by atoms with E-state index in [9.17, 15) is 9.59 Å². The topological polar surface area (TPSA) is 82.0 Å². The van der Waals surface area contributed by atoms with Crippen molar-refractivity contribution in [3.8, 4) is 6.07 Å². The van der Waals surface area contributed by atoms with E-state index >= 15 is 0 Å². The van der Waals surface area contributed by atoms with Crippen LogP contribution in [0.2, 0.25) is 5.02 Å². The summed E-state index contributed by atoms with van der Waals surface area (Å²) in [7, 11) is 0. The zero-order valence-electron chi connectivity index (χ0n) is 10.8. The molecule has 1 heterocycles. The molecule has 0 aliphatic carbocycles. The number of amides is 2. The molecule has 0 aromatic heterocycles. The number of hydrogen-bond donors (Lipinski definition) is 2. The van der Waals surface area contributed by atoms with E-state index in [1.54, 1.807) is 18.2 Å². The van der Waals surface area contributed by atoms with Crippen molar-refractivity contribution in [2.75, 3.05) is 5.32 Å². The third-order valence-corrected chi connectivity index (χ3v) is 3.38. The SMILES string of the molecule is N#CCc1cc(Cl)ccc1NC(=O)C1CCCC(=O)N1. The van der Waals surface area contributed by atoms with Gasteiger partial charge in [-0.1, -0.05) is 11.6 Å². The largest absolute Gasteiger partial charge is 0.344 e. The highest BCUT2D eigenvalue weighted by molar-refractivity contribution is 6.30. The number of piperidine rings is 1. The number of hydrogen-bond acceptors (Lipinski definition) is 3. The minimum Gasteiger partial charge on any atom is -0.344 e. The Balaban J connectivity index is 2.11. The predicted octanol–water partition coefficient (Wildman–Crippen LogP) is 2.01. The molecule has 1 unspecified atom stereocenters. The molecule has 1 aromatic carbocycles. The molecule has 6 heteroatoms. The Morgan fingerprint density at radius 3 is 3.05 bits per heavy atom. The molecule has 1 fully saturated rings. The fourth-order valence-electron chi connectivity index (χ4n) is 2.14. The molecular formula is C14H14ClN3O2. The average molecular weight is 292 g/mol. The van der Waals surface area contributed by atoms with Crippen molar-refractivity contribution in [1.29, 1.82) is 5.26 Å². The van der Waals surface area contributed by atoms with Gasteiger partial charge in [-0.15, -0.1) is 0 Å². The van der Waals surface area contributed by atoms with Crippen LogP contribution in [-0.4, -0.2) is 17.9 Å². The quantitative estimate of drug-likeness (QED) is 0.894. The van der Waals surface area contributed by atoms with Gasteiger partial charge in [0.25, 0.3) is 0 Å². The number of benzene rings is 1. The smallest absolute Gasteiger partial charge is 0.246 e. The first-order valence-electron chi connectivity index (χ1n) is 6.36. The molecule has 0 saturated carbocycles. The number of carbonyl (C=O) groups is 2. The molecule has 0 spiro atoms. The lowest BCUT2D eigenvalue weighted by atomic mass is 10.0. The summed E-state index contributed by atoms with van der Waals surface area (Å²) in [6.07, 6.45) is 1.95. The summed E-state index contributed by atoms with van der Waals surface area (Å²) >= 11 is 5.88. The van der Waals surface area contributed by atoms with Crippen LogP contribution in [0.5, 0.6) is 0 Å². The number of anilines is 1. The fraction of sp³-hybridized carbons (Fsp3) is 0.357. The van der Waals surface area contributed by atoms with E-state index in [-0.39, 0.29) is 18.2 Å². The molecule has 1 aliphatic heterocycles. The number of rotatable bonds is 3. The molecule has 0 bridgehead atoms. The van der Waals surface area contributed by atoms with E-state index < -0.39 is 6.04 Å². The Hall–Kier alpha value is -2.06. The minimum absolute atomic E-state index is 0.107. The third kappa shape index (κ3) is 3.49. The molecule has 0 radical (unpaired) electrons. The summed E-state index contributed by atoms with van der Waals surface area (Å²) in [5.74, 6) is -0.371. The Kier molecular flexibility index (Phi) is 4.59. The van der Waals surface area contributed by atoms with Gasteiger partial charge in [0.15, 0.2) is 0 Å². The number of nitriles is 1. The molecule has 1 aliphatic rings. The molecule has 1 aromatic rings. The highest BCUT2D eigenvalue weighted by Gasteiger charge is 2.25. The van der Waals surface area contributed by atoms with E-state index in [0.717, 1.165) is 0 Å². The van der Waals surface area contributed by atoms with E-state index in [4.69, 9.17) is 16.9 Å². The van der Waals surface area contributed by atoms with Crippen molar-refractivity contribution in [3.05, 3.63) is 28.8 Å². The molecule has 1 atom stereocenters. The molecule has 1 saturated heterocycles. The zero-order chi connectivity index (χ0) is 14.5. The lowest BCUT2D eigenvalue weighted by Crippen LogP contribution is -2.46. The van der Waals surface area contributed by atoms with Gasteiger partial charge in [-0.05, 0) is 36.6 Å². The van der Waals surface area contributed by atoms with Crippen LogP contribution in [0.25, 0.3) is 0 Å². The first kappa shape index (κ1) is 14.4. The predicted molar refractivity (Wildman–Crippen MR) is 75.2 cm³/mol. The summed E-state index contributed by atoms with van der Waals surface area (Å²) in [4.78, 5) is 23.4. The Morgan fingerprint density at radius 1 is 1.55 bits per heavy atom. The molecule has 2 amide bonds. The Labute approximate surface area is 121 Å². The van der Waals surface area contributed by atoms with E-state index in [0.29, 0.717) is 35.5 Å². The summed E-state index contributed by atoms with van der Waals surface area (Å²) < 4.78 is 0. The summed E-state index contributed by atoms with van der Waals surface area (Å²) in [5.41, 5.74) is 1.22. The second kappa shape index (κ2) is 6.40. The standard InChI is InChI=1S/C14H14ClN3O2/c15-10-4-5-11(9(8-10)6-7-16)18-14(20)12-2-1-3-13(19)17-12/h4-5,8,12H,1-3,6H2,(H,17,19)(H,18,20). The van der Waals surface area contributed by atoms with Crippen LogP contribution in [0.4, 0.5) is 5.69 Å². The molecule has 2 rings (SSSR count). The maximum Gasteiger partial charge on any atom is 0.246 e. The van der Waals surface area contributed by atoms with Crippen molar-refractivity contribution in [3.63, 3.8) is 0 Å². The number of nitrogens with one attached hydrogen (secondary N) is 2. The van der Waals surface area contributed by atoms with E-state index in [2.05, 4.69) is 10.6 Å². The lowest BCUT2D eigenvalue weighted by molar-refractivity contribution is -0.128. The summed E-state index contributed by atoms with van der Waals surface area (Å²) in [6.45, 7) is 0. The van der Waals surface area contributed by atoms with Crippen molar-refractivity contribution in [2.24, 2.45) is 0 Å². The maximum atomic E-state index is 12.1. The Morgan fingerprint density at radius 2 is 2.35 bits per heavy atom. The fourth-order valence-corrected chi connectivity index (χ4v) is 2.33. The molecular weight excluding hydrogens is 278 g/mol. The van der Waals surface area contributed by atoms with Gasteiger partial charge in [-0.2, -0.15) is 5.26 Å². The van der Waals surface area contributed by atoms with Gasteiger partial charge in [0.2, 0.25) is 11.8 Å².